The Kier molecular flexibility index (Phi) is 8.88. The van der Waals surface area contributed by atoms with Gasteiger partial charge in [-0.15, -0.1) is 24.8 Å². The first-order valence-corrected chi connectivity index (χ1v) is 8.35. The first kappa shape index (κ1) is 20.7. The molecule has 2 saturated heterocycles. The van der Waals surface area contributed by atoms with E-state index in [1.54, 1.807) is 0 Å². The largest absolute Gasteiger partial charge is 0.381 e. The van der Waals surface area contributed by atoms with Crippen molar-refractivity contribution in [2.75, 3.05) is 39.4 Å². The molecule has 0 aliphatic carbocycles. The number of benzene rings is 1. The smallest absolute Gasteiger partial charge is 0.0469 e. The standard InChI is InChI=1S/C18H28N2O.2ClH/c1-14-3-4-17(15(2)13-14)18(16-5-11-21-12-6-16)20-9-7-19-8-10-20;;/h3-4,13,16,18-19H,5-12H2,1-2H3;2*1H/t18-;;/m1../s1. The third-order valence-electron chi connectivity index (χ3n) is 5.00. The lowest BCUT2D eigenvalue weighted by atomic mass is 9.83. The summed E-state index contributed by atoms with van der Waals surface area (Å²) in [6.07, 6.45) is 2.39. The summed E-state index contributed by atoms with van der Waals surface area (Å²) in [7, 11) is 0. The highest BCUT2D eigenvalue weighted by molar-refractivity contribution is 5.85. The van der Waals surface area contributed by atoms with Gasteiger partial charge in [0.1, 0.15) is 0 Å². The van der Waals surface area contributed by atoms with Crippen LogP contribution >= 0.6 is 24.8 Å². The number of piperazine rings is 1. The molecule has 0 radical (unpaired) electrons. The van der Waals surface area contributed by atoms with Crippen molar-refractivity contribution < 1.29 is 4.74 Å². The molecule has 1 atom stereocenters. The Bertz CT molecular complexity index is 454. The van der Waals surface area contributed by atoms with Gasteiger partial charge in [0.25, 0.3) is 0 Å². The molecule has 3 nitrogen and oxygen atoms in total. The summed E-state index contributed by atoms with van der Waals surface area (Å²) < 4.78 is 5.59. The van der Waals surface area contributed by atoms with Gasteiger partial charge in [-0.1, -0.05) is 23.8 Å². The molecule has 1 aromatic rings. The predicted molar refractivity (Wildman–Crippen MR) is 101 cm³/mol. The monoisotopic (exact) mass is 360 g/mol. The summed E-state index contributed by atoms with van der Waals surface area (Å²) in [6, 6.07) is 7.55. The minimum Gasteiger partial charge on any atom is -0.381 e. The van der Waals surface area contributed by atoms with Gasteiger partial charge in [-0.05, 0) is 43.7 Å². The van der Waals surface area contributed by atoms with Crippen LogP contribution in [0.3, 0.4) is 0 Å². The Labute approximate surface area is 153 Å². The predicted octanol–water partition coefficient (Wildman–Crippen LogP) is 3.52. The van der Waals surface area contributed by atoms with Gasteiger partial charge in [0.05, 0.1) is 0 Å². The van der Waals surface area contributed by atoms with Crippen LogP contribution in [0.15, 0.2) is 18.2 Å². The van der Waals surface area contributed by atoms with Crippen LogP contribution < -0.4 is 5.32 Å². The molecule has 2 heterocycles. The number of nitrogens with zero attached hydrogens (tertiary/aromatic N) is 1. The highest BCUT2D eigenvalue weighted by Gasteiger charge is 2.31. The van der Waals surface area contributed by atoms with Crippen LogP contribution in [0.4, 0.5) is 0 Å². The van der Waals surface area contributed by atoms with E-state index in [0.717, 1.165) is 45.3 Å². The van der Waals surface area contributed by atoms with E-state index in [4.69, 9.17) is 4.74 Å². The summed E-state index contributed by atoms with van der Waals surface area (Å²) in [4.78, 5) is 2.70. The molecule has 1 aromatic carbocycles. The number of rotatable bonds is 3. The molecule has 2 aliphatic heterocycles. The van der Waals surface area contributed by atoms with E-state index in [0.29, 0.717) is 6.04 Å². The minimum absolute atomic E-state index is 0. The Morgan fingerprint density at radius 1 is 1.09 bits per heavy atom. The van der Waals surface area contributed by atoms with Crippen molar-refractivity contribution in [1.82, 2.24) is 10.2 Å². The number of halogens is 2. The van der Waals surface area contributed by atoms with E-state index < -0.39 is 0 Å². The van der Waals surface area contributed by atoms with E-state index >= 15 is 0 Å². The Morgan fingerprint density at radius 3 is 2.35 bits per heavy atom. The van der Waals surface area contributed by atoms with E-state index in [9.17, 15) is 0 Å². The van der Waals surface area contributed by atoms with Gasteiger partial charge < -0.3 is 10.1 Å². The molecule has 1 N–H and O–H groups in total. The van der Waals surface area contributed by atoms with Crippen molar-refractivity contribution in [3.63, 3.8) is 0 Å². The number of nitrogens with one attached hydrogen (secondary N) is 1. The fraction of sp³-hybridized carbons (Fsp3) is 0.667. The molecule has 0 unspecified atom stereocenters. The molecule has 3 rings (SSSR count). The van der Waals surface area contributed by atoms with Gasteiger partial charge >= 0.3 is 0 Å². The van der Waals surface area contributed by atoms with Crippen molar-refractivity contribution in [3.05, 3.63) is 34.9 Å². The van der Waals surface area contributed by atoms with Crippen LogP contribution in [0, 0.1) is 19.8 Å². The SMILES string of the molecule is Cc1ccc([C@@H](C2CCOCC2)N2CCNCC2)c(C)c1.Cl.Cl. The lowest BCUT2D eigenvalue weighted by Crippen LogP contribution is -2.47. The van der Waals surface area contributed by atoms with Crippen molar-refractivity contribution in [1.29, 1.82) is 0 Å². The normalized spacial score (nSPS) is 21.1. The summed E-state index contributed by atoms with van der Waals surface area (Å²) in [5, 5.41) is 3.48. The van der Waals surface area contributed by atoms with Gasteiger partial charge in [0, 0.05) is 45.4 Å². The van der Waals surface area contributed by atoms with Gasteiger partial charge in [-0.2, -0.15) is 0 Å². The highest BCUT2D eigenvalue weighted by Crippen LogP contribution is 2.36. The minimum atomic E-state index is 0. The van der Waals surface area contributed by atoms with Gasteiger partial charge in [-0.25, -0.2) is 0 Å². The van der Waals surface area contributed by atoms with Crippen LogP contribution in [-0.4, -0.2) is 44.3 Å². The first-order valence-electron chi connectivity index (χ1n) is 8.35. The molecule has 0 aromatic heterocycles. The van der Waals surface area contributed by atoms with E-state index in [-0.39, 0.29) is 24.8 Å². The molecule has 2 fully saturated rings. The second-order valence-electron chi connectivity index (χ2n) is 6.54. The molecular weight excluding hydrogens is 331 g/mol. The van der Waals surface area contributed by atoms with Gasteiger partial charge in [0.2, 0.25) is 0 Å². The van der Waals surface area contributed by atoms with Crippen LogP contribution in [0.1, 0.15) is 35.6 Å². The molecule has 0 amide bonds. The fourth-order valence-corrected chi connectivity index (χ4v) is 3.90. The Hall–Kier alpha value is -0.320. The Morgan fingerprint density at radius 2 is 1.74 bits per heavy atom. The summed E-state index contributed by atoms with van der Waals surface area (Å²) in [5.41, 5.74) is 4.35. The average molecular weight is 361 g/mol. The third kappa shape index (κ3) is 5.07. The van der Waals surface area contributed by atoms with Crippen molar-refractivity contribution >= 4 is 24.8 Å². The first-order chi connectivity index (χ1) is 10.3. The summed E-state index contributed by atoms with van der Waals surface area (Å²) in [6.45, 7) is 10.9. The maximum absolute atomic E-state index is 5.59. The van der Waals surface area contributed by atoms with Crippen LogP contribution in [-0.2, 0) is 4.74 Å². The number of hydrogen-bond donors (Lipinski definition) is 1. The third-order valence-corrected chi connectivity index (χ3v) is 5.00. The second kappa shape index (κ2) is 9.85. The van der Waals surface area contributed by atoms with E-state index in [1.165, 1.54) is 29.5 Å². The molecule has 0 bridgehead atoms. The lowest BCUT2D eigenvalue weighted by molar-refractivity contribution is 0.0211. The molecule has 2 aliphatic rings. The topological polar surface area (TPSA) is 24.5 Å². The maximum atomic E-state index is 5.59. The maximum Gasteiger partial charge on any atom is 0.0469 e. The Balaban J connectivity index is 0.00000132. The van der Waals surface area contributed by atoms with Crippen LogP contribution in [0.2, 0.25) is 0 Å². The van der Waals surface area contributed by atoms with Gasteiger partial charge in [0.15, 0.2) is 0 Å². The molecule has 0 saturated carbocycles. The van der Waals surface area contributed by atoms with Crippen LogP contribution in [0.25, 0.3) is 0 Å². The molecular formula is C18H30Cl2N2O. The van der Waals surface area contributed by atoms with Crippen LogP contribution in [0.5, 0.6) is 0 Å². The van der Waals surface area contributed by atoms with E-state index in [2.05, 4.69) is 42.3 Å². The van der Waals surface area contributed by atoms with Gasteiger partial charge in [-0.3, -0.25) is 4.90 Å². The van der Waals surface area contributed by atoms with Crippen molar-refractivity contribution in [2.24, 2.45) is 5.92 Å². The molecule has 5 heteroatoms. The fourth-order valence-electron chi connectivity index (χ4n) is 3.90. The molecule has 0 spiro atoms. The summed E-state index contributed by atoms with van der Waals surface area (Å²) >= 11 is 0. The zero-order valence-electron chi connectivity index (χ0n) is 14.2. The highest BCUT2D eigenvalue weighted by atomic mass is 35.5. The average Bonchev–Trinajstić information content (AvgIpc) is 2.52. The number of ether oxygens (including phenoxy) is 1. The number of hydrogen-bond acceptors (Lipinski definition) is 3. The lowest BCUT2D eigenvalue weighted by Gasteiger charge is -2.41. The zero-order chi connectivity index (χ0) is 14.7. The van der Waals surface area contributed by atoms with Crippen molar-refractivity contribution in [2.45, 2.75) is 32.7 Å². The summed E-state index contributed by atoms with van der Waals surface area (Å²) in [5.74, 6) is 0.734. The van der Waals surface area contributed by atoms with E-state index in [1.807, 2.05) is 0 Å². The molecule has 23 heavy (non-hydrogen) atoms. The second-order valence-corrected chi connectivity index (χ2v) is 6.54. The number of aryl methyl sites for hydroxylation is 2. The van der Waals surface area contributed by atoms with Crippen molar-refractivity contribution in [3.8, 4) is 0 Å². The zero-order valence-corrected chi connectivity index (χ0v) is 15.8. The molecule has 132 valence electrons. The quantitative estimate of drug-likeness (QED) is 0.892.